The van der Waals surface area contributed by atoms with Crippen molar-refractivity contribution in [1.82, 2.24) is 14.9 Å². The van der Waals surface area contributed by atoms with Crippen LogP contribution in [-0.2, 0) is 23.2 Å². The normalized spacial score (nSPS) is 10.1. The summed E-state index contributed by atoms with van der Waals surface area (Å²) in [7, 11) is 1.84. The molecule has 0 saturated heterocycles. The number of hydrogen-bond donors (Lipinski definition) is 2. The van der Waals surface area contributed by atoms with E-state index in [0.29, 0.717) is 6.54 Å². The van der Waals surface area contributed by atoms with Crippen molar-refractivity contribution in [3.63, 3.8) is 0 Å². The molecule has 0 unspecified atom stereocenters. The number of carbonyl (C=O) groups is 2. The van der Waals surface area contributed by atoms with Gasteiger partial charge >= 0.3 is 5.97 Å². The van der Waals surface area contributed by atoms with E-state index < -0.39 is 5.97 Å². The van der Waals surface area contributed by atoms with E-state index in [-0.39, 0.29) is 17.4 Å². The molecule has 0 spiro atoms. The SMILES string of the molecule is Cn1ccnc1CNC(=O)CSCC(=O)O. The third-order valence-corrected chi connectivity index (χ3v) is 2.74. The van der Waals surface area contributed by atoms with Crippen LogP contribution >= 0.6 is 11.8 Å². The Morgan fingerprint density at radius 2 is 2.31 bits per heavy atom. The number of thioether (sulfide) groups is 1. The molecule has 1 heterocycles. The molecule has 0 bridgehead atoms. The predicted molar refractivity (Wildman–Crippen MR) is 60.0 cm³/mol. The van der Waals surface area contributed by atoms with Crippen molar-refractivity contribution >= 4 is 23.6 Å². The van der Waals surface area contributed by atoms with Crippen molar-refractivity contribution < 1.29 is 14.7 Å². The van der Waals surface area contributed by atoms with Gasteiger partial charge < -0.3 is 15.0 Å². The van der Waals surface area contributed by atoms with Crippen LogP contribution in [-0.4, -0.2) is 38.0 Å². The summed E-state index contributed by atoms with van der Waals surface area (Å²) in [5.74, 6) is -0.250. The fourth-order valence-corrected chi connectivity index (χ4v) is 1.59. The molecule has 1 rings (SSSR count). The predicted octanol–water partition coefficient (Wildman–Crippen LogP) is -0.146. The molecule has 7 heteroatoms. The molecular weight excluding hydrogens is 230 g/mol. The highest BCUT2D eigenvalue weighted by Gasteiger charge is 2.05. The second kappa shape index (κ2) is 6.16. The number of carbonyl (C=O) groups excluding carboxylic acids is 1. The molecule has 16 heavy (non-hydrogen) atoms. The maximum Gasteiger partial charge on any atom is 0.313 e. The zero-order chi connectivity index (χ0) is 12.0. The van der Waals surface area contributed by atoms with Gasteiger partial charge in [-0.05, 0) is 0 Å². The molecule has 0 aliphatic carbocycles. The fraction of sp³-hybridized carbons (Fsp3) is 0.444. The molecule has 88 valence electrons. The average Bonchev–Trinajstić information content (AvgIpc) is 2.60. The quantitative estimate of drug-likeness (QED) is 0.726. The second-order valence-corrected chi connectivity index (χ2v) is 4.10. The molecule has 0 fully saturated rings. The van der Waals surface area contributed by atoms with Crippen LogP contribution in [0.2, 0.25) is 0 Å². The van der Waals surface area contributed by atoms with E-state index in [9.17, 15) is 9.59 Å². The Kier molecular flexibility index (Phi) is 4.84. The van der Waals surface area contributed by atoms with Gasteiger partial charge in [0.05, 0.1) is 18.1 Å². The van der Waals surface area contributed by atoms with Crippen molar-refractivity contribution in [2.45, 2.75) is 6.54 Å². The second-order valence-electron chi connectivity index (χ2n) is 3.12. The molecule has 0 aliphatic rings. The Hall–Kier alpha value is -1.50. The molecule has 6 nitrogen and oxygen atoms in total. The first-order chi connectivity index (χ1) is 7.59. The topological polar surface area (TPSA) is 84.2 Å². The van der Waals surface area contributed by atoms with E-state index in [0.717, 1.165) is 17.6 Å². The van der Waals surface area contributed by atoms with E-state index in [1.165, 1.54) is 0 Å². The number of aryl methyl sites for hydroxylation is 1. The first kappa shape index (κ1) is 12.6. The Morgan fingerprint density at radius 3 is 2.88 bits per heavy atom. The molecule has 0 radical (unpaired) electrons. The first-order valence-electron chi connectivity index (χ1n) is 4.62. The third kappa shape index (κ3) is 4.35. The molecular formula is C9H13N3O3S. The van der Waals surface area contributed by atoms with Crippen LogP contribution in [0.5, 0.6) is 0 Å². The lowest BCUT2D eigenvalue weighted by atomic mass is 10.5. The first-order valence-corrected chi connectivity index (χ1v) is 5.77. The number of rotatable bonds is 6. The zero-order valence-corrected chi connectivity index (χ0v) is 9.66. The van der Waals surface area contributed by atoms with E-state index in [1.807, 2.05) is 11.6 Å². The monoisotopic (exact) mass is 243 g/mol. The number of nitrogens with zero attached hydrogens (tertiary/aromatic N) is 2. The highest BCUT2D eigenvalue weighted by Crippen LogP contribution is 1.99. The molecule has 1 aromatic heterocycles. The van der Waals surface area contributed by atoms with E-state index in [2.05, 4.69) is 10.3 Å². The maximum absolute atomic E-state index is 11.3. The number of carboxylic acid groups (broad SMARTS) is 1. The van der Waals surface area contributed by atoms with E-state index in [1.54, 1.807) is 12.4 Å². The highest BCUT2D eigenvalue weighted by atomic mass is 32.2. The Labute approximate surface area is 97.1 Å². The molecule has 1 aromatic rings. The largest absolute Gasteiger partial charge is 0.481 e. The van der Waals surface area contributed by atoms with E-state index in [4.69, 9.17) is 5.11 Å². The lowest BCUT2D eigenvalue weighted by Gasteiger charge is -2.04. The standard InChI is InChI=1S/C9H13N3O3S/c1-12-3-2-10-7(12)4-11-8(13)5-16-6-9(14)15/h2-3H,4-6H2,1H3,(H,11,13)(H,14,15). The number of carboxylic acids is 1. The molecule has 2 N–H and O–H groups in total. The van der Waals surface area contributed by atoms with Gasteiger partial charge in [0.25, 0.3) is 0 Å². The Bertz CT molecular complexity index is 378. The van der Waals surface area contributed by atoms with Gasteiger partial charge in [-0.1, -0.05) is 0 Å². The van der Waals surface area contributed by atoms with Gasteiger partial charge in [-0.25, -0.2) is 4.98 Å². The summed E-state index contributed by atoms with van der Waals surface area (Å²) >= 11 is 1.07. The minimum absolute atomic E-state index is 0.0597. The van der Waals surface area contributed by atoms with Crippen molar-refractivity contribution in [3.8, 4) is 0 Å². The smallest absolute Gasteiger partial charge is 0.313 e. The summed E-state index contributed by atoms with van der Waals surface area (Å²) in [5, 5.41) is 11.0. The highest BCUT2D eigenvalue weighted by molar-refractivity contribution is 8.00. The van der Waals surface area contributed by atoms with Gasteiger partial charge in [-0.2, -0.15) is 0 Å². The summed E-state index contributed by atoms with van der Waals surface area (Å²) in [6.45, 7) is 0.357. The molecule has 0 aromatic carbocycles. The summed E-state index contributed by atoms with van der Waals surface area (Å²) in [4.78, 5) is 25.5. The number of amides is 1. The Morgan fingerprint density at radius 1 is 1.56 bits per heavy atom. The summed E-state index contributed by atoms with van der Waals surface area (Å²) < 4.78 is 1.81. The summed E-state index contributed by atoms with van der Waals surface area (Å²) in [6, 6.07) is 0. The van der Waals surface area contributed by atoms with Crippen LogP contribution < -0.4 is 5.32 Å². The van der Waals surface area contributed by atoms with Gasteiger partial charge in [-0.15, -0.1) is 11.8 Å². The molecule has 0 atom stereocenters. The maximum atomic E-state index is 11.3. The van der Waals surface area contributed by atoms with Crippen molar-refractivity contribution in [2.75, 3.05) is 11.5 Å². The van der Waals surface area contributed by atoms with Crippen molar-refractivity contribution in [2.24, 2.45) is 7.05 Å². The third-order valence-electron chi connectivity index (χ3n) is 1.82. The van der Waals surface area contributed by atoms with Crippen LogP contribution in [0.4, 0.5) is 0 Å². The van der Waals surface area contributed by atoms with Gasteiger partial charge in [0.1, 0.15) is 5.82 Å². The van der Waals surface area contributed by atoms with Gasteiger partial charge in [0, 0.05) is 19.4 Å². The van der Waals surface area contributed by atoms with Crippen LogP contribution in [0, 0.1) is 0 Å². The minimum atomic E-state index is -0.915. The fourth-order valence-electron chi connectivity index (χ4n) is 1.03. The number of imidazole rings is 1. The lowest BCUT2D eigenvalue weighted by Crippen LogP contribution is -2.26. The van der Waals surface area contributed by atoms with Crippen molar-refractivity contribution in [3.05, 3.63) is 18.2 Å². The van der Waals surface area contributed by atoms with E-state index >= 15 is 0 Å². The lowest BCUT2D eigenvalue weighted by molar-refractivity contribution is -0.133. The van der Waals surface area contributed by atoms with Crippen LogP contribution in [0.15, 0.2) is 12.4 Å². The van der Waals surface area contributed by atoms with Crippen LogP contribution in [0.25, 0.3) is 0 Å². The van der Waals surface area contributed by atoms with Crippen LogP contribution in [0.1, 0.15) is 5.82 Å². The van der Waals surface area contributed by atoms with Crippen LogP contribution in [0.3, 0.4) is 0 Å². The zero-order valence-electron chi connectivity index (χ0n) is 8.84. The van der Waals surface area contributed by atoms with Gasteiger partial charge in [-0.3, -0.25) is 9.59 Å². The van der Waals surface area contributed by atoms with Gasteiger partial charge in [0.2, 0.25) is 5.91 Å². The number of aliphatic carboxylic acids is 1. The van der Waals surface area contributed by atoms with Crippen molar-refractivity contribution in [1.29, 1.82) is 0 Å². The number of hydrogen-bond acceptors (Lipinski definition) is 4. The number of aromatic nitrogens is 2. The van der Waals surface area contributed by atoms with Gasteiger partial charge in [0.15, 0.2) is 0 Å². The summed E-state index contributed by atoms with van der Waals surface area (Å²) in [6.07, 6.45) is 3.45. The molecule has 0 saturated carbocycles. The number of nitrogens with one attached hydrogen (secondary N) is 1. The Balaban J connectivity index is 2.20. The molecule has 1 amide bonds. The minimum Gasteiger partial charge on any atom is -0.481 e. The summed E-state index contributed by atoms with van der Waals surface area (Å²) in [5.41, 5.74) is 0. The average molecular weight is 243 g/mol. The molecule has 0 aliphatic heterocycles.